The summed E-state index contributed by atoms with van der Waals surface area (Å²) >= 11 is 0. The van der Waals surface area contributed by atoms with Crippen LogP contribution in [0.25, 0.3) is 0 Å². The third kappa shape index (κ3) is 6.14. The third-order valence-electron chi connectivity index (χ3n) is 5.67. The highest BCUT2D eigenvalue weighted by Gasteiger charge is 2.39. The zero-order valence-corrected chi connectivity index (χ0v) is 18.6. The largest absolute Gasteiger partial charge is 0.381 e. The van der Waals surface area contributed by atoms with Crippen molar-refractivity contribution in [3.05, 3.63) is 29.3 Å². The molecule has 0 radical (unpaired) electrons. The number of carbonyl (C=O) groups is 4. The molecule has 1 fully saturated rings. The van der Waals surface area contributed by atoms with Gasteiger partial charge in [-0.2, -0.15) is 0 Å². The quantitative estimate of drug-likeness (QED) is 0.333. The van der Waals surface area contributed by atoms with Crippen molar-refractivity contribution in [2.75, 3.05) is 31.6 Å². The molecular weight excluding hydrogens is 412 g/mol. The van der Waals surface area contributed by atoms with Crippen LogP contribution in [0.2, 0.25) is 0 Å². The van der Waals surface area contributed by atoms with E-state index in [1.165, 1.54) is 4.90 Å². The number of anilines is 1. The van der Waals surface area contributed by atoms with Crippen molar-refractivity contribution in [1.29, 1.82) is 0 Å². The van der Waals surface area contributed by atoms with Gasteiger partial charge in [-0.25, -0.2) is 0 Å². The average molecular weight is 445 g/mol. The SMILES string of the molecule is CCCCOCCCNCCC(=O)Nc1cccc2c1CN(C1CCC(=O)NC1=O)C2=O. The second-order valence-electron chi connectivity index (χ2n) is 8.10. The van der Waals surface area contributed by atoms with E-state index in [0.29, 0.717) is 42.8 Å². The number of unbranched alkanes of at least 4 members (excludes halogenated alkanes) is 1. The van der Waals surface area contributed by atoms with E-state index in [1.54, 1.807) is 18.2 Å². The van der Waals surface area contributed by atoms with Gasteiger partial charge in [0.05, 0.1) is 0 Å². The molecule has 2 aliphatic rings. The number of imide groups is 1. The van der Waals surface area contributed by atoms with E-state index in [2.05, 4.69) is 22.9 Å². The number of ether oxygens (including phenoxy) is 1. The molecular formula is C23H32N4O5. The van der Waals surface area contributed by atoms with Crippen molar-refractivity contribution in [2.24, 2.45) is 0 Å². The Balaban J connectivity index is 1.46. The summed E-state index contributed by atoms with van der Waals surface area (Å²) in [6, 6.07) is 4.51. The molecule has 9 heteroatoms. The molecule has 0 aliphatic carbocycles. The fourth-order valence-corrected chi connectivity index (χ4v) is 3.89. The molecule has 0 aromatic heterocycles. The molecule has 0 saturated carbocycles. The van der Waals surface area contributed by atoms with Gasteiger partial charge in [0.1, 0.15) is 6.04 Å². The van der Waals surface area contributed by atoms with Crippen LogP contribution in [-0.4, -0.2) is 60.9 Å². The molecule has 0 spiro atoms. The van der Waals surface area contributed by atoms with E-state index in [9.17, 15) is 19.2 Å². The highest BCUT2D eigenvalue weighted by molar-refractivity contribution is 6.06. The van der Waals surface area contributed by atoms with Crippen LogP contribution in [-0.2, 0) is 25.7 Å². The molecule has 1 aromatic rings. The van der Waals surface area contributed by atoms with Gasteiger partial charge in [0.15, 0.2) is 0 Å². The van der Waals surface area contributed by atoms with Crippen LogP contribution in [0, 0.1) is 0 Å². The first kappa shape index (κ1) is 23.9. The number of piperidine rings is 1. The second-order valence-corrected chi connectivity index (χ2v) is 8.10. The Hall–Kier alpha value is -2.78. The number of amides is 4. The summed E-state index contributed by atoms with van der Waals surface area (Å²) in [6.45, 7) is 5.21. The first-order valence-electron chi connectivity index (χ1n) is 11.4. The molecule has 1 atom stereocenters. The average Bonchev–Trinajstić information content (AvgIpc) is 3.10. The van der Waals surface area contributed by atoms with E-state index < -0.39 is 11.9 Å². The minimum atomic E-state index is -0.675. The van der Waals surface area contributed by atoms with Crippen molar-refractivity contribution >= 4 is 29.3 Å². The van der Waals surface area contributed by atoms with Crippen LogP contribution in [0.4, 0.5) is 5.69 Å². The highest BCUT2D eigenvalue weighted by Crippen LogP contribution is 2.32. The third-order valence-corrected chi connectivity index (χ3v) is 5.67. The van der Waals surface area contributed by atoms with Crippen LogP contribution in [0.3, 0.4) is 0 Å². The van der Waals surface area contributed by atoms with Crippen molar-refractivity contribution in [2.45, 2.75) is 58.0 Å². The van der Waals surface area contributed by atoms with Crippen molar-refractivity contribution < 1.29 is 23.9 Å². The van der Waals surface area contributed by atoms with Gasteiger partial charge < -0.3 is 20.3 Å². The van der Waals surface area contributed by atoms with Gasteiger partial charge >= 0.3 is 0 Å². The lowest BCUT2D eigenvalue weighted by atomic mass is 10.0. The normalized spacial score (nSPS) is 18.0. The Labute approximate surface area is 188 Å². The summed E-state index contributed by atoms with van der Waals surface area (Å²) in [5.41, 5.74) is 1.77. The number of nitrogens with one attached hydrogen (secondary N) is 3. The van der Waals surface area contributed by atoms with Crippen LogP contribution >= 0.6 is 0 Å². The van der Waals surface area contributed by atoms with E-state index in [0.717, 1.165) is 32.4 Å². The zero-order chi connectivity index (χ0) is 22.9. The number of benzene rings is 1. The topological polar surface area (TPSA) is 117 Å². The van der Waals surface area contributed by atoms with E-state index in [4.69, 9.17) is 4.74 Å². The first-order valence-corrected chi connectivity index (χ1v) is 11.4. The predicted molar refractivity (Wildman–Crippen MR) is 119 cm³/mol. The molecule has 1 unspecified atom stereocenters. The molecule has 1 aromatic carbocycles. The predicted octanol–water partition coefficient (Wildman–Crippen LogP) is 1.57. The summed E-state index contributed by atoms with van der Waals surface area (Å²) in [7, 11) is 0. The second kappa shape index (κ2) is 11.7. The van der Waals surface area contributed by atoms with E-state index >= 15 is 0 Å². The molecule has 1 saturated heterocycles. The van der Waals surface area contributed by atoms with Crippen molar-refractivity contribution in [1.82, 2.24) is 15.5 Å². The first-order chi connectivity index (χ1) is 15.5. The summed E-state index contributed by atoms with van der Waals surface area (Å²) in [4.78, 5) is 50.3. The molecule has 3 N–H and O–H groups in total. The number of hydrogen-bond donors (Lipinski definition) is 3. The minimum Gasteiger partial charge on any atom is -0.381 e. The molecule has 4 amide bonds. The van der Waals surface area contributed by atoms with Gasteiger partial charge in [-0.15, -0.1) is 0 Å². The van der Waals surface area contributed by atoms with Gasteiger partial charge in [-0.05, 0) is 37.9 Å². The summed E-state index contributed by atoms with van der Waals surface area (Å²) < 4.78 is 5.50. The standard InChI is InChI=1S/C23H32N4O5/c1-2-3-13-32-14-5-11-24-12-10-21(29)25-18-7-4-6-16-17(18)15-27(23(16)31)19-8-9-20(28)26-22(19)30/h4,6-7,19,24H,2-3,5,8-15H2,1H3,(H,25,29)(H,26,28,30). The minimum absolute atomic E-state index is 0.142. The maximum absolute atomic E-state index is 12.8. The number of nitrogens with zero attached hydrogens (tertiary/aromatic N) is 1. The fourth-order valence-electron chi connectivity index (χ4n) is 3.89. The van der Waals surface area contributed by atoms with Crippen LogP contribution < -0.4 is 16.0 Å². The van der Waals surface area contributed by atoms with E-state index in [1.807, 2.05) is 0 Å². The molecule has 2 heterocycles. The van der Waals surface area contributed by atoms with Crippen LogP contribution in [0.5, 0.6) is 0 Å². The Kier molecular flexibility index (Phi) is 8.75. The van der Waals surface area contributed by atoms with Crippen molar-refractivity contribution in [3.8, 4) is 0 Å². The lowest BCUT2D eigenvalue weighted by Gasteiger charge is -2.29. The van der Waals surface area contributed by atoms with Crippen molar-refractivity contribution in [3.63, 3.8) is 0 Å². The number of fused-ring (bicyclic) bond motifs is 1. The van der Waals surface area contributed by atoms with E-state index in [-0.39, 0.29) is 30.7 Å². The van der Waals surface area contributed by atoms with Crippen LogP contribution in [0.1, 0.15) is 61.4 Å². The number of rotatable bonds is 12. The van der Waals surface area contributed by atoms with Crippen LogP contribution in [0.15, 0.2) is 18.2 Å². The molecule has 3 rings (SSSR count). The summed E-state index contributed by atoms with van der Waals surface area (Å²) in [5.74, 6) is -1.17. The lowest BCUT2D eigenvalue weighted by Crippen LogP contribution is -2.52. The fraction of sp³-hybridized carbons (Fsp3) is 0.565. The zero-order valence-electron chi connectivity index (χ0n) is 18.6. The molecule has 2 aliphatic heterocycles. The van der Waals surface area contributed by atoms with Gasteiger partial charge in [-0.3, -0.25) is 24.5 Å². The maximum Gasteiger partial charge on any atom is 0.255 e. The number of carbonyl (C=O) groups excluding carboxylic acids is 4. The number of hydrogen-bond acceptors (Lipinski definition) is 6. The monoisotopic (exact) mass is 444 g/mol. The van der Waals surface area contributed by atoms with Gasteiger partial charge in [0, 0.05) is 56.0 Å². The molecule has 32 heavy (non-hydrogen) atoms. The molecule has 9 nitrogen and oxygen atoms in total. The summed E-state index contributed by atoms with van der Waals surface area (Å²) in [5, 5.41) is 8.42. The summed E-state index contributed by atoms with van der Waals surface area (Å²) in [6.07, 6.45) is 3.93. The van der Waals surface area contributed by atoms with Gasteiger partial charge in [0.25, 0.3) is 5.91 Å². The molecule has 174 valence electrons. The molecule has 0 bridgehead atoms. The van der Waals surface area contributed by atoms with Gasteiger partial charge in [0.2, 0.25) is 17.7 Å². The Morgan fingerprint density at radius 2 is 2.00 bits per heavy atom. The lowest BCUT2D eigenvalue weighted by molar-refractivity contribution is -0.137. The Bertz CT molecular complexity index is 857. The Morgan fingerprint density at radius 3 is 2.78 bits per heavy atom. The Morgan fingerprint density at radius 1 is 1.19 bits per heavy atom. The smallest absolute Gasteiger partial charge is 0.255 e. The van der Waals surface area contributed by atoms with Gasteiger partial charge in [-0.1, -0.05) is 19.4 Å². The highest BCUT2D eigenvalue weighted by atomic mass is 16.5. The maximum atomic E-state index is 12.8.